The molecular weight excluding hydrogens is 360 g/mol. The van der Waals surface area contributed by atoms with E-state index in [9.17, 15) is 18.0 Å². The minimum Gasteiger partial charge on any atom is -0.324 e. The lowest BCUT2D eigenvalue weighted by atomic mass is 10.0. The van der Waals surface area contributed by atoms with E-state index in [2.05, 4.69) is 19.8 Å². The van der Waals surface area contributed by atoms with Crippen LogP contribution in [0, 0.1) is 0 Å². The predicted octanol–water partition coefficient (Wildman–Crippen LogP) is 1.54. The molecule has 0 aromatic heterocycles. The summed E-state index contributed by atoms with van der Waals surface area (Å²) >= 11 is 0. The normalized spacial score (nSPS) is 12.7. The molecule has 0 spiro atoms. The summed E-state index contributed by atoms with van der Waals surface area (Å²) in [5.41, 5.74) is 0.429. The average molecular weight is 376 g/mol. The standard InChI is InChI=1S/C16H16N4O5S/c1-18-20-14(15(21)11-6-3-2-4-7-11)16(22)19-12-8-5-9-13(10-12)26(23,24)25-17/h2-10,14H,17H2,1H3,(H,19,22). The molecule has 26 heavy (non-hydrogen) atoms. The van der Waals surface area contributed by atoms with Crippen LogP contribution in [0.4, 0.5) is 5.69 Å². The van der Waals surface area contributed by atoms with Crippen molar-refractivity contribution in [1.29, 1.82) is 0 Å². The molecular formula is C16H16N4O5S. The Morgan fingerprint density at radius 3 is 2.42 bits per heavy atom. The Bertz CT molecular complexity index is 929. The number of carbonyl (C=O) groups is 2. The minimum absolute atomic E-state index is 0.130. The van der Waals surface area contributed by atoms with Crippen molar-refractivity contribution < 1.29 is 22.3 Å². The van der Waals surface area contributed by atoms with E-state index >= 15 is 0 Å². The largest absolute Gasteiger partial charge is 0.324 e. The molecule has 10 heteroatoms. The van der Waals surface area contributed by atoms with Crippen LogP contribution in [0.2, 0.25) is 0 Å². The second-order valence-electron chi connectivity index (χ2n) is 5.02. The van der Waals surface area contributed by atoms with E-state index in [1.54, 1.807) is 30.3 Å². The monoisotopic (exact) mass is 376 g/mol. The lowest BCUT2D eigenvalue weighted by Crippen LogP contribution is -2.33. The van der Waals surface area contributed by atoms with Gasteiger partial charge in [0.15, 0.2) is 5.78 Å². The molecule has 136 valence electrons. The van der Waals surface area contributed by atoms with E-state index in [1.807, 2.05) is 0 Å². The molecule has 0 aliphatic heterocycles. The SMILES string of the molecule is CN=NC(C(=O)Nc1cccc(S(=O)(=O)ON)c1)C(=O)c1ccccc1. The fourth-order valence-electron chi connectivity index (χ4n) is 2.10. The van der Waals surface area contributed by atoms with Gasteiger partial charge in [-0.25, -0.2) is 0 Å². The summed E-state index contributed by atoms with van der Waals surface area (Å²) in [4.78, 5) is 24.7. The van der Waals surface area contributed by atoms with E-state index < -0.39 is 27.9 Å². The molecule has 1 amide bonds. The number of nitrogens with one attached hydrogen (secondary N) is 1. The van der Waals surface area contributed by atoms with Crippen LogP contribution >= 0.6 is 0 Å². The topological polar surface area (TPSA) is 140 Å². The zero-order valence-corrected chi connectivity index (χ0v) is 14.5. The maximum atomic E-state index is 12.5. The fourth-order valence-corrected chi connectivity index (χ4v) is 2.72. The number of azo groups is 1. The first kappa shape index (κ1) is 19.4. The van der Waals surface area contributed by atoms with Gasteiger partial charge in [0.25, 0.3) is 5.91 Å². The highest BCUT2D eigenvalue weighted by atomic mass is 32.2. The molecule has 0 saturated heterocycles. The molecule has 2 rings (SSSR count). The number of anilines is 1. The van der Waals surface area contributed by atoms with Gasteiger partial charge in [-0.05, 0) is 18.2 Å². The third-order valence-electron chi connectivity index (χ3n) is 3.30. The van der Waals surface area contributed by atoms with Gasteiger partial charge in [0, 0.05) is 18.3 Å². The summed E-state index contributed by atoms with van der Waals surface area (Å²) in [6.07, 6.45) is 0. The number of benzene rings is 2. The molecule has 0 heterocycles. The van der Waals surface area contributed by atoms with Crippen LogP contribution in [-0.2, 0) is 19.2 Å². The number of nitrogens with zero attached hydrogens (tertiary/aromatic N) is 2. The predicted molar refractivity (Wildman–Crippen MR) is 92.9 cm³/mol. The zero-order valence-electron chi connectivity index (χ0n) is 13.7. The molecule has 3 N–H and O–H groups in total. The van der Waals surface area contributed by atoms with Crippen molar-refractivity contribution in [3.8, 4) is 0 Å². The Balaban J connectivity index is 2.26. The number of carbonyl (C=O) groups excluding carboxylic acids is 2. The Kier molecular flexibility index (Phi) is 6.28. The van der Waals surface area contributed by atoms with E-state index in [1.165, 1.54) is 25.2 Å². The Morgan fingerprint density at radius 1 is 1.12 bits per heavy atom. The van der Waals surface area contributed by atoms with Crippen LogP contribution in [0.3, 0.4) is 0 Å². The minimum atomic E-state index is -4.13. The van der Waals surface area contributed by atoms with Gasteiger partial charge < -0.3 is 5.32 Å². The van der Waals surface area contributed by atoms with Crippen molar-refractivity contribution in [2.45, 2.75) is 10.9 Å². The van der Waals surface area contributed by atoms with Gasteiger partial charge in [0.05, 0.1) is 4.90 Å². The first-order valence-electron chi connectivity index (χ1n) is 7.31. The Labute approximate surface area is 150 Å². The summed E-state index contributed by atoms with van der Waals surface area (Å²) in [6, 6.07) is 12.0. The van der Waals surface area contributed by atoms with E-state index in [-0.39, 0.29) is 10.6 Å². The first-order chi connectivity index (χ1) is 12.4. The second-order valence-corrected chi connectivity index (χ2v) is 6.59. The van der Waals surface area contributed by atoms with Crippen LogP contribution in [0.5, 0.6) is 0 Å². The number of hydrogen-bond acceptors (Lipinski definition) is 8. The molecule has 1 unspecified atom stereocenters. The fraction of sp³-hybridized carbons (Fsp3) is 0.125. The number of rotatable bonds is 7. The number of hydrogen-bond donors (Lipinski definition) is 2. The first-order valence-corrected chi connectivity index (χ1v) is 8.72. The summed E-state index contributed by atoms with van der Waals surface area (Å²) < 4.78 is 27.2. The maximum Gasteiger partial charge on any atom is 0.312 e. The Morgan fingerprint density at radius 2 is 1.81 bits per heavy atom. The molecule has 0 fully saturated rings. The smallest absolute Gasteiger partial charge is 0.312 e. The lowest BCUT2D eigenvalue weighted by molar-refractivity contribution is -0.116. The summed E-state index contributed by atoms with van der Waals surface area (Å²) in [7, 11) is -2.79. The van der Waals surface area contributed by atoms with E-state index in [0.29, 0.717) is 5.56 Å². The molecule has 2 aromatic rings. The molecule has 0 radical (unpaired) electrons. The number of amides is 1. The highest BCUT2D eigenvalue weighted by Gasteiger charge is 2.28. The van der Waals surface area contributed by atoms with Gasteiger partial charge in [0.2, 0.25) is 6.04 Å². The summed E-state index contributed by atoms with van der Waals surface area (Å²) in [6.45, 7) is 0. The molecule has 0 aliphatic carbocycles. The molecule has 1 atom stereocenters. The summed E-state index contributed by atoms with van der Waals surface area (Å²) in [5, 5.41) is 9.65. The van der Waals surface area contributed by atoms with Crippen LogP contribution in [0.15, 0.2) is 69.7 Å². The van der Waals surface area contributed by atoms with Crippen molar-refractivity contribution in [3.05, 3.63) is 60.2 Å². The van der Waals surface area contributed by atoms with Crippen molar-refractivity contribution in [1.82, 2.24) is 0 Å². The number of Topliss-reactive ketones (excluding diaryl/α,β-unsaturated/α-hetero) is 1. The van der Waals surface area contributed by atoms with Crippen LogP contribution in [-0.4, -0.2) is 33.2 Å². The molecule has 0 aliphatic rings. The quantitative estimate of drug-likeness (QED) is 0.325. The van der Waals surface area contributed by atoms with Gasteiger partial charge in [0.1, 0.15) is 0 Å². The van der Waals surface area contributed by atoms with Gasteiger partial charge in [-0.2, -0.15) is 28.8 Å². The maximum absolute atomic E-state index is 12.5. The highest BCUT2D eigenvalue weighted by molar-refractivity contribution is 7.86. The summed E-state index contributed by atoms with van der Waals surface area (Å²) in [5.74, 6) is 3.44. The molecule has 0 saturated carbocycles. The van der Waals surface area contributed by atoms with E-state index in [4.69, 9.17) is 5.90 Å². The highest BCUT2D eigenvalue weighted by Crippen LogP contribution is 2.17. The van der Waals surface area contributed by atoms with Gasteiger partial charge in [-0.3, -0.25) is 9.59 Å². The van der Waals surface area contributed by atoms with Crippen LogP contribution < -0.4 is 11.2 Å². The van der Waals surface area contributed by atoms with Crippen molar-refractivity contribution in [3.63, 3.8) is 0 Å². The van der Waals surface area contributed by atoms with Crippen molar-refractivity contribution >= 4 is 27.5 Å². The van der Waals surface area contributed by atoms with Gasteiger partial charge in [-0.15, -0.1) is 0 Å². The number of nitrogens with two attached hydrogens (primary N) is 1. The molecule has 9 nitrogen and oxygen atoms in total. The van der Waals surface area contributed by atoms with Gasteiger partial charge in [-0.1, -0.05) is 36.4 Å². The average Bonchev–Trinajstić information content (AvgIpc) is 2.66. The molecule has 0 bridgehead atoms. The van der Waals surface area contributed by atoms with Crippen LogP contribution in [0.1, 0.15) is 10.4 Å². The van der Waals surface area contributed by atoms with Crippen molar-refractivity contribution in [2.24, 2.45) is 16.1 Å². The lowest BCUT2D eigenvalue weighted by Gasteiger charge is -2.12. The third kappa shape index (κ3) is 4.57. The molecule has 2 aromatic carbocycles. The zero-order chi connectivity index (χ0) is 19.2. The van der Waals surface area contributed by atoms with Crippen molar-refractivity contribution in [2.75, 3.05) is 12.4 Å². The third-order valence-corrected chi connectivity index (χ3v) is 4.39. The second kappa shape index (κ2) is 8.43. The van der Waals surface area contributed by atoms with Crippen LogP contribution in [0.25, 0.3) is 0 Å². The Hall–Kier alpha value is -2.95. The van der Waals surface area contributed by atoms with Gasteiger partial charge >= 0.3 is 10.1 Å². The van der Waals surface area contributed by atoms with E-state index in [0.717, 1.165) is 6.07 Å². The number of ketones is 1.